The topological polar surface area (TPSA) is 70.7 Å². The summed E-state index contributed by atoms with van der Waals surface area (Å²) in [4.78, 5) is 26.6. The number of amides is 2. The van der Waals surface area contributed by atoms with Gasteiger partial charge in [-0.05, 0) is 57.2 Å². The number of benzene rings is 1. The molecule has 7 heteroatoms. The van der Waals surface area contributed by atoms with E-state index in [-0.39, 0.29) is 24.2 Å². The van der Waals surface area contributed by atoms with E-state index in [4.69, 9.17) is 4.74 Å². The molecule has 0 spiro atoms. The van der Waals surface area contributed by atoms with Gasteiger partial charge in [0.1, 0.15) is 0 Å². The first-order valence-electron chi connectivity index (χ1n) is 9.25. The molecule has 26 heavy (non-hydrogen) atoms. The molecule has 6 nitrogen and oxygen atoms in total. The van der Waals surface area contributed by atoms with Gasteiger partial charge in [-0.1, -0.05) is 6.07 Å². The van der Waals surface area contributed by atoms with Gasteiger partial charge in [-0.25, -0.2) is 0 Å². The number of piperidine rings is 1. The number of carbonyl (C=O) groups is 2. The summed E-state index contributed by atoms with van der Waals surface area (Å²) in [5.41, 5.74) is 1.11. The summed E-state index contributed by atoms with van der Waals surface area (Å²) in [5.74, 6) is 1.18. The van der Waals surface area contributed by atoms with Crippen LogP contribution < -0.4 is 15.4 Å². The molecule has 142 valence electrons. The molecule has 0 aromatic heterocycles. The molecule has 0 bridgehead atoms. The zero-order valence-corrected chi connectivity index (χ0v) is 15.8. The molecule has 4 rings (SSSR count). The number of para-hydroxylation sites is 1. The largest absolute Gasteiger partial charge is 0.478 e. The van der Waals surface area contributed by atoms with Crippen molar-refractivity contribution in [3.8, 4) is 5.75 Å². The van der Waals surface area contributed by atoms with Gasteiger partial charge in [0.2, 0.25) is 0 Å². The number of carbonyl (C=O) groups excluding carboxylic acids is 2. The van der Waals surface area contributed by atoms with Crippen LogP contribution in [-0.2, 0) is 4.79 Å². The lowest BCUT2D eigenvalue weighted by molar-refractivity contribution is -0.122. The third-order valence-corrected chi connectivity index (χ3v) is 5.34. The smallest absolute Gasteiger partial charge is 0.265 e. The zero-order valence-electron chi connectivity index (χ0n) is 15.0. The number of ether oxygens (including phenoxy) is 1. The van der Waals surface area contributed by atoms with Crippen molar-refractivity contribution in [2.75, 3.05) is 25.0 Å². The Bertz CT molecular complexity index is 685. The second-order valence-corrected chi connectivity index (χ2v) is 7.35. The number of nitrogens with zero attached hydrogens (tertiary/aromatic N) is 1. The van der Waals surface area contributed by atoms with Crippen molar-refractivity contribution in [3.63, 3.8) is 0 Å². The van der Waals surface area contributed by atoms with E-state index in [1.165, 1.54) is 12.8 Å². The minimum atomic E-state index is -0.584. The van der Waals surface area contributed by atoms with Crippen LogP contribution in [0.15, 0.2) is 18.2 Å². The molecule has 2 N–H and O–H groups in total. The number of rotatable bonds is 4. The first-order chi connectivity index (χ1) is 12.1. The second kappa shape index (κ2) is 7.84. The summed E-state index contributed by atoms with van der Waals surface area (Å²) in [5, 5.41) is 6.44. The number of hydrogen-bond acceptors (Lipinski definition) is 4. The molecule has 2 fully saturated rings. The lowest BCUT2D eigenvalue weighted by atomic mass is 10.0. The number of nitrogens with one attached hydrogen (secondary N) is 2. The molecular formula is C19H26ClN3O3. The fourth-order valence-electron chi connectivity index (χ4n) is 3.51. The molecule has 2 aliphatic heterocycles. The van der Waals surface area contributed by atoms with Crippen LogP contribution in [0.1, 0.15) is 43.0 Å². The average molecular weight is 380 g/mol. The number of hydrogen-bond donors (Lipinski definition) is 2. The van der Waals surface area contributed by atoms with E-state index in [2.05, 4.69) is 10.6 Å². The number of halogens is 1. The van der Waals surface area contributed by atoms with E-state index in [1.54, 1.807) is 25.1 Å². The van der Waals surface area contributed by atoms with E-state index in [0.29, 0.717) is 23.0 Å². The van der Waals surface area contributed by atoms with Gasteiger partial charge >= 0.3 is 0 Å². The van der Waals surface area contributed by atoms with Crippen LogP contribution in [-0.4, -0.2) is 48.5 Å². The quantitative estimate of drug-likeness (QED) is 0.842. The zero-order chi connectivity index (χ0) is 17.4. The maximum atomic E-state index is 13.0. The Morgan fingerprint density at radius 1 is 1.27 bits per heavy atom. The Kier molecular flexibility index (Phi) is 5.73. The third kappa shape index (κ3) is 3.96. The lowest BCUT2D eigenvalue weighted by Crippen LogP contribution is -2.45. The van der Waals surface area contributed by atoms with Crippen LogP contribution in [0.25, 0.3) is 0 Å². The second-order valence-electron chi connectivity index (χ2n) is 7.35. The minimum absolute atomic E-state index is 0. The van der Waals surface area contributed by atoms with Crippen molar-refractivity contribution in [2.24, 2.45) is 5.92 Å². The molecule has 1 aliphatic carbocycles. The first kappa shape index (κ1) is 19.0. The summed E-state index contributed by atoms with van der Waals surface area (Å²) in [6, 6.07) is 5.85. The van der Waals surface area contributed by atoms with Crippen LogP contribution in [0.5, 0.6) is 5.75 Å². The Hall–Kier alpha value is -1.79. The van der Waals surface area contributed by atoms with Crippen LogP contribution in [0.3, 0.4) is 0 Å². The van der Waals surface area contributed by atoms with Gasteiger partial charge in [-0.3, -0.25) is 9.59 Å². The average Bonchev–Trinajstić information content (AvgIpc) is 3.45. The molecule has 1 saturated heterocycles. The van der Waals surface area contributed by atoms with Crippen LogP contribution in [0.4, 0.5) is 5.69 Å². The fraction of sp³-hybridized carbons (Fsp3) is 0.579. The molecule has 3 aliphatic rings. The molecule has 2 heterocycles. The van der Waals surface area contributed by atoms with Crippen molar-refractivity contribution in [1.82, 2.24) is 10.2 Å². The van der Waals surface area contributed by atoms with Crippen molar-refractivity contribution < 1.29 is 14.3 Å². The number of fused-ring (bicyclic) bond motifs is 1. The SMILES string of the molecule is CC1Oc2c(cccc2C(=O)N2CCC(NCC3CC3)CC2)NC1=O.Cl. The molecule has 1 saturated carbocycles. The highest BCUT2D eigenvalue weighted by Crippen LogP contribution is 2.34. The molecule has 0 radical (unpaired) electrons. The highest BCUT2D eigenvalue weighted by Gasteiger charge is 2.31. The van der Waals surface area contributed by atoms with Crippen LogP contribution in [0, 0.1) is 5.92 Å². The fourth-order valence-corrected chi connectivity index (χ4v) is 3.51. The van der Waals surface area contributed by atoms with Crippen LogP contribution >= 0.6 is 12.4 Å². The summed E-state index contributed by atoms with van der Waals surface area (Å²) in [6.45, 7) is 4.33. The summed E-state index contributed by atoms with van der Waals surface area (Å²) in [7, 11) is 0. The lowest BCUT2D eigenvalue weighted by Gasteiger charge is -2.33. The van der Waals surface area contributed by atoms with Gasteiger partial charge in [-0.2, -0.15) is 0 Å². The molecule has 1 aromatic rings. The number of anilines is 1. The molecule has 1 unspecified atom stereocenters. The van der Waals surface area contributed by atoms with E-state index in [1.807, 2.05) is 4.90 Å². The highest BCUT2D eigenvalue weighted by atomic mass is 35.5. The van der Waals surface area contributed by atoms with E-state index in [9.17, 15) is 9.59 Å². The predicted molar refractivity (Wildman–Crippen MR) is 102 cm³/mol. The third-order valence-electron chi connectivity index (χ3n) is 5.34. The Morgan fingerprint density at radius 3 is 2.69 bits per heavy atom. The molecule has 1 aromatic carbocycles. The van der Waals surface area contributed by atoms with E-state index < -0.39 is 6.10 Å². The van der Waals surface area contributed by atoms with E-state index in [0.717, 1.165) is 38.4 Å². The number of likely N-dealkylation sites (tertiary alicyclic amines) is 1. The molecule has 2 amide bonds. The highest BCUT2D eigenvalue weighted by molar-refractivity contribution is 6.04. The Balaban J connectivity index is 0.00000196. The van der Waals surface area contributed by atoms with Gasteiger partial charge in [0.05, 0.1) is 11.3 Å². The summed E-state index contributed by atoms with van der Waals surface area (Å²) in [6.07, 6.45) is 4.11. The van der Waals surface area contributed by atoms with Gasteiger partial charge < -0.3 is 20.3 Å². The monoisotopic (exact) mass is 379 g/mol. The Morgan fingerprint density at radius 2 is 2.00 bits per heavy atom. The van der Waals surface area contributed by atoms with Gasteiger partial charge in [0.15, 0.2) is 11.9 Å². The summed E-state index contributed by atoms with van der Waals surface area (Å²) >= 11 is 0. The molecular weight excluding hydrogens is 354 g/mol. The Labute approximate surface area is 160 Å². The van der Waals surface area contributed by atoms with Crippen molar-refractivity contribution in [2.45, 2.75) is 44.8 Å². The van der Waals surface area contributed by atoms with Gasteiger partial charge in [0, 0.05) is 19.1 Å². The standard InChI is InChI=1S/C19H25N3O3.ClH/c1-12-18(23)21-16-4-2-3-15(17(16)25-12)19(24)22-9-7-14(8-10-22)20-11-13-5-6-13;/h2-4,12-14,20H,5-11H2,1H3,(H,21,23);1H. The minimum Gasteiger partial charge on any atom is -0.478 e. The maximum Gasteiger partial charge on any atom is 0.265 e. The maximum absolute atomic E-state index is 13.0. The van der Waals surface area contributed by atoms with Crippen molar-refractivity contribution >= 4 is 29.9 Å². The van der Waals surface area contributed by atoms with Crippen molar-refractivity contribution in [3.05, 3.63) is 23.8 Å². The van der Waals surface area contributed by atoms with Crippen LogP contribution in [0.2, 0.25) is 0 Å². The predicted octanol–water partition coefficient (Wildman–Crippen LogP) is 2.43. The van der Waals surface area contributed by atoms with E-state index >= 15 is 0 Å². The molecule has 1 atom stereocenters. The first-order valence-corrected chi connectivity index (χ1v) is 9.25. The van der Waals surface area contributed by atoms with Gasteiger partial charge in [0.25, 0.3) is 11.8 Å². The van der Waals surface area contributed by atoms with Gasteiger partial charge in [-0.15, -0.1) is 12.4 Å². The summed E-state index contributed by atoms with van der Waals surface area (Å²) < 4.78 is 5.71. The normalized spacial score (nSPS) is 22.7. The van der Waals surface area contributed by atoms with Crippen molar-refractivity contribution in [1.29, 1.82) is 0 Å².